The van der Waals surface area contributed by atoms with Crippen LogP contribution in [0.25, 0.3) is 11.0 Å². The van der Waals surface area contributed by atoms with Crippen LogP contribution in [-0.4, -0.2) is 21.1 Å². The Balaban J connectivity index is 1.56. The zero-order chi connectivity index (χ0) is 20.9. The molecule has 1 amide bonds. The summed E-state index contributed by atoms with van der Waals surface area (Å²) < 4.78 is 18.5. The molecule has 0 aliphatic heterocycles. The first-order valence-corrected chi connectivity index (χ1v) is 10.4. The van der Waals surface area contributed by atoms with E-state index in [1.807, 2.05) is 37.3 Å². The van der Waals surface area contributed by atoms with Crippen LogP contribution in [-0.2, 0) is 17.8 Å². The highest BCUT2D eigenvalue weighted by molar-refractivity contribution is 8.00. The van der Waals surface area contributed by atoms with Gasteiger partial charge in [-0.05, 0) is 48.9 Å². The first-order valence-electron chi connectivity index (χ1n) is 9.55. The zero-order valence-corrected chi connectivity index (χ0v) is 17.2. The number of thioether (sulfide) groups is 1. The van der Waals surface area contributed by atoms with Gasteiger partial charge in [0.05, 0.1) is 34.8 Å². The number of fused-ring (bicyclic) bond motifs is 1. The molecule has 2 aromatic carbocycles. The van der Waals surface area contributed by atoms with Crippen molar-refractivity contribution in [2.24, 2.45) is 0 Å². The van der Waals surface area contributed by atoms with Gasteiger partial charge in [0, 0.05) is 6.42 Å². The van der Waals surface area contributed by atoms with Gasteiger partial charge in [-0.25, -0.2) is 14.4 Å². The molecular formula is C23H20FN3O2S. The van der Waals surface area contributed by atoms with Crippen molar-refractivity contribution >= 4 is 28.7 Å². The highest BCUT2D eigenvalue weighted by Gasteiger charge is 2.19. The molecule has 0 aliphatic rings. The number of carbonyl (C=O) groups is 1. The first-order chi connectivity index (χ1) is 14.6. The maximum absolute atomic E-state index is 13.3. The third kappa shape index (κ3) is 4.86. The van der Waals surface area contributed by atoms with E-state index in [2.05, 4.69) is 5.32 Å². The standard InChI is InChI=1S/C23H20FN3O2S/c1-15(22(28)25-14-18-5-4-12-29-18)30-23-21(13-16-8-10-17(24)11-9-16)26-19-6-2-3-7-20(19)27-23/h2-12,15H,13-14H2,1H3,(H,25,28). The van der Waals surface area contributed by atoms with Crippen LogP contribution in [0, 0.1) is 5.82 Å². The SMILES string of the molecule is CC(Sc1nc2ccccc2nc1Cc1ccc(F)cc1)C(=O)NCc1ccco1. The summed E-state index contributed by atoms with van der Waals surface area (Å²) in [6.07, 6.45) is 2.08. The molecule has 0 spiro atoms. The Morgan fingerprint density at radius 3 is 2.50 bits per heavy atom. The minimum atomic E-state index is -0.373. The molecule has 4 aromatic rings. The van der Waals surface area contributed by atoms with E-state index in [9.17, 15) is 9.18 Å². The van der Waals surface area contributed by atoms with E-state index in [-0.39, 0.29) is 17.0 Å². The molecule has 1 N–H and O–H groups in total. The Kier molecular flexibility index (Phi) is 6.09. The quantitative estimate of drug-likeness (QED) is 0.436. The van der Waals surface area contributed by atoms with Gasteiger partial charge in [0.2, 0.25) is 5.91 Å². The highest BCUT2D eigenvalue weighted by atomic mass is 32.2. The highest BCUT2D eigenvalue weighted by Crippen LogP contribution is 2.28. The van der Waals surface area contributed by atoms with Crippen molar-refractivity contribution in [3.05, 3.63) is 89.8 Å². The number of aromatic nitrogens is 2. The number of carbonyl (C=O) groups excluding carboxylic acids is 1. The van der Waals surface area contributed by atoms with Crippen LogP contribution in [0.5, 0.6) is 0 Å². The molecule has 7 heteroatoms. The van der Waals surface area contributed by atoms with Gasteiger partial charge in [0.25, 0.3) is 0 Å². The van der Waals surface area contributed by atoms with Crippen molar-refractivity contribution in [1.29, 1.82) is 0 Å². The van der Waals surface area contributed by atoms with Crippen LogP contribution in [0.1, 0.15) is 23.9 Å². The minimum absolute atomic E-state index is 0.112. The van der Waals surface area contributed by atoms with Crippen LogP contribution in [0.3, 0.4) is 0 Å². The number of halogens is 1. The fraction of sp³-hybridized carbons (Fsp3) is 0.174. The molecule has 0 saturated heterocycles. The second-order valence-corrected chi connectivity index (χ2v) is 8.15. The predicted molar refractivity (Wildman–Crippen MR) is 115 cm³/mol. The number of nitrogens with one attached hydrogen (secondary N) is 1. The molecule has 30 heavy (non-hydrogen) atoms. The van der Waals surface area contributed by atoms with Gasteiger partial charge in [-0.1, -0.05) is 36.0 Å². The van der Waals surface area contributed by atoms with Crippen LogP contribution < -0.4 is 5.32 Å². The fourth-order valence-corrected chi connectivity index (χ4v) is 3.91. The predicted octanol–water partition coefficient (Wildman–Crippen LogP) is 4.75. The molecule has 152 valence electrons. The fourth-order valence-electron chi connectivity index (χ4n) is 2.98. The van der Waals surface area contributed by atoms with Crippen LogP contribution >= 0.6 is 11.8 Å². The summed E-state index contributed by atoms with van der Waals surface area (Å²) in [7, 11) is 0. The topological polar surface area (TPSA) is 68.0 Å². The van der Waals surface area contributed by atoms with E-state index in [1.165, 1.54) is 23.9 Å². The van der Waals surface area contributed by atoms with Gasteiger partial charge < -0.3 is 9.73 Å². The molecule has 1 atom stereocenters. The summed E-state index contributed by atoms with van der Waals surface area (Å²) >= 11 is 1.36. The normalized spacial score (nSPS) is 12.1. The maximum atomic E-state index is 13.3. The van der Waals surface area contributed by atoms with Crippen LogP contribution in [0.2, 0.25) is 0 Å². The van der Waals surface area contributed by atoms with E-state index in [4.69, 9.17) is 14.4 Å². The number of hydrogen-bond donors (Lipinski definition) is 1. The maximum Gasteiger partial charge on any atom is 0.233 e. The summed E-state index contributed by atoms with van der Waals surface area (Å²) in [6.45, 7) is 2.17. The van der Waals surface area contributed by atoms with Gasteiger partial charge in [0.15, 0.2) is 0 Å². The second-order valence-electron chi connectivity index (χ2n) is 6.82. The third-order valence-corrected chi connectivity index (χ3v) is 5.68. The number of nitrogens with zero attached hydrogens (tertiary/aromatic N) is 2. The van der Waals surface area contributed by atoms with Gasteiger partial charge in [-0.3, -0.25) is 4.79 Å². The lowest BCUT2D eigenvalue weighted by molar-refractivity contribution is -0.120. The number of rotatable bonds is 7. The Hall–Kier alpha value is -3.19. The third-order valence-electron chi connectivity index (χ3n) is 4.57. The van der Waals surface area contributed by atoms with Crippen molar-refractivity contribution in [2.75, 3.05) is 0 Å². The Morgan fingerprint density at radius 1 is 1.07 bits per heavy atom. The van der Waals surface area contributed by atoms with Crippen molar-refractivity contribution in [3.8, 4) is 0 Å². The summed E-state index contributed by atoms with van der Waals surface area (Å²) in [5, 5.41) is 3.19. The van der Waals surface area contributed by atoms with Gasteiger partial charge >= 0.3 is 0 Å². The minimum Gasteiger partial charge on any atom is -0.467 e. The second kappa shape index (κ2) is 9.09. The largest absolute Gasteiger partial charge is 0.467 e. The number of para-hydroxylation sites is 2. The molecule has 0 fully saturated rings. The molecule has 4 rings (SSSR count). The van der Waals surface area contributed by atoms with Crippen molar-refractivity contribution in [1.82, 2.24) is 15.3 Å². The number of furan rings is 1. The van der Waals surface area contributed by atoms with E-state index in [1.54, 1.807) is 24.5 Å². The average Bonchev–Trinajstić information content (AvgIpc) is 3.27. The molecule has 5 nitrogen and oxygen atoms in total. The molecular weight excluding hydrogens is 401 g/mol. The Bertz CT molecular complexity index is 1150. The van der Waals surface area contributed by atoms with Gasteiger partial charge in [-0.2, -0.15) is 0 Å². The van der Waals surface area contributed by atoms with Gasteiger partial charge in [0.1, 0.15) is 16.6 Å². The summed E-state index contributed by atoms with van der Waals surface area (Å²) in [5.74, 6) is 0.307. The monoisotopic (exact) mass is 421 g/mol. The smallest absolute Gasteiger partial charge is 0.233 e. The first kappa shape index (κ1) is 20.1. The van der Waals surface area contributed by atoms with E-state index in [0.29, 0.717) is 23.8 Å². The van der Waals surface area contributed by atoms with E-state index >= 15 is 0 Å². The van der Waals surface area contributed by atoms with Crippen LogP contribution in [0.4, 0.5) is 4.39 Å². The molecule has 2 heterocycles. The summed E-state index contributed by atoms with van der Waals surface area (Å²) in [6, 6.07) is 17.6. The Labute approximate surface area is 177 Å². The molecule has 0 saturated carbocycles. The molecule has 0 radical (unpaired) electrons. The summed E-state index contributed by atoms with van der Waals surface area (Å²) in [4.78, 5) is 22.1. The average molecular weight is 421 g/mol. The van der Waals surface area contributed by atoms with E-state index < -0.39 is 0 Å². The molecule has 2 aromatic heterocycles. The number of benzene rings is 2. The van der Waals surface area contributed by atoms with Crippen molar-refractivity contribution < 1.29 is 13.6 Å². The lowest BCUT2D eigenvalue weighted by atomic mass is 10.1. The summed E-state index contributed by atoms with van der Waals surface area (Å²) in [5.41, 5.74) is 3.24. The lowest BCUT2D eigenvalue weighted by Gasteiger charge is -2.14. The van der Waals surface area contributed by atoms with Crippen LogP contribution in [0.15, 0.2) is 76.4 Å². The van der Waals surface area contributed by atoms with Crippen molar-refractivity contribution in [3.63, 3.8) is 0 Å². The van der Waals surface area contributed by atoms with Gasteiger partial charge in [-0.15, -0.1) is 0 Å². The Morgan fingerprint density at radius 2 is 1.80 bits per heavy atom. The number of amides is 1. The lowest BCUT2D eigenvalue weighted by Crippen LogP contribution is -2.30. The molecule has 0 aliphatic carbocycles. The van der Waals surface area contributed by atoms with E-state index in [0.717, 1.165) is 22.3 Å². The molecule has 1 unspecified atom stereocenters. The zero-order valence-electron chi connectivity index (χ0n) is 16.3. The van der Waals surface area contributed by atoms with Crippen molar-refractivity contribution in [2.45, 2.75) is 30.2 Å². The number of hydrogen-bond acceptors (Lipinski definition) is 5. The molecule has 0 bridgehead atoms.